The zero-order chi connectivity index (χ0) is 20.8. The minimum atomic E-state index is -0.474. The number of aromatic nitrogens is 2. The number of nitrogens with one attached hydrogen (secondary N) is 2. The number of nitrogens with zero attached hydrogens (tertiary/aromatic N) is 2. The summed E-state index contributed by atoms with van der Waals surface area (Å²) in [6.07, 6.45) is 0. The second-order valence-corrected chi connectivity index (χ2v) is 6.93. The third kappa shape index (κ3) is 5.58. The van der Waals surface area contributed by atoms with Gasteiger partial charge in [0.15, 0.2) is 0 Å². The number of aryl methyl sites for hydroxylation is 2. The summed E-state index contributed by atoms with van der Waals surface area (Å²) in [5.74, 6) is -0.449. The van der Waals surface area contributed by atoms with Crippen molar-refractivity contribution in [3.63, 3.8) is 0 Å². The van der Waals surface area contributed by atoms with Crippen LogP contribution in [0.2, 0.25) is 5.02 Å². The predicted molar refractivity (Wildman–Crippen MR) is 110 cm³/mol. The number of para-hydroxylation sites is 1. The Morgan fingerprint density at radius 1 is 1.07 bits per heavy atom. The number of ether oxygens (including phenoxy) is 1. The van der Waals surface area contributed by atoms with Gasteiger partial charge in [-0.25, -0.2) is 0 Å². The van der Waals surface area contributed by atoms with Gasteiger partial charge in [0.1, 0.15) is 18.9 Å². The summed E-state index contributed by atoms with van der Waals surface area (Å²) in [4.78, 5) is 24.6. The smallest absolute Gasteiger partial charge is 0.273 e. The lowest BCUT2D eigenvalue weighted by Gasteiger charge is -2.12. The van der Waals surface area contributed by atoms with E-state index in [1.807, 2.05) is 32.0 Å². The van der Waals surface area contributed by atoms with E-state index in [2.05, 4.69) is 16.0 Å². The third-order valence-corrected chi connectivity index (χ3v) is 4.40. The summed E-state index contributed by atoms with van der Waals surface area (Å²) in [6, 6.07) is 15.9. The molecule has 3 rings (SSSR count). The fourth-order valence-electron chi connectivity index (χ4n) is 2.73. The fraction of sp³-hybridized carbons (Fsp3) is 0.190. The van der Waals surface area contributed by atoms with Crippen LogP contribution in [0.15, 0.2) is 54.6 Å². The highest BCUT2D eigenvalue weighted by molar-refractivity contribution is 6.30. The van der Waals surface area contributed by atoms with Crippen molar-refractivity contribution in [3.05, 3.63) is 82.1 Å². The number of amides is 2. The van der Waals surface area contributed by atoms with Crippen LogP contribution in [-0.2, 0) is 17.9 Å². The van der Waals surface area contributed by atoms with E-state index in [0.29, 0.717) is 16.3 Å². The number of hydrazine groups is 1. The van der Waals surface area contributed by atoms with Gasteiger partial charge < -0.3 is 4.74 Å². The first-order chi connectivity index (χ1) is 13.9. The van der Waals surface area contributed by atoms with Crippen LogP contribution >= 0.6 is 11.6 Å². The van der Waals surface area contributed by atoms with Crippen molar-refractivity contribution in [2.24, 2.45) is 0 Å². The van der Waals surface area contributed by atoms with Crippen molar-refractivity contribution >= 4 is 23.4 Å². The molecule has 0 bridgehead atoms. The average molecular weight is 413 g/mol. The van der Waals surface area contributed by atoms with Crippen LogP contribution in [0.4, 0.5) is 0 Å². The first kappa shape index (κ1) is 20.4. The largest absolute Gasteiger partial charge is 0.488 e. The standard InChI is InChI=1S/C21H21ClN4O3/c1-14-11-15(2)26(25-14)12-20(27)23-24-21(28)18-5-3-4-6-19(18)29-13-16-7-9-17(22)10-8-16/h3-11H,12-13H2,1-2H3,(H,23,27)(H,24,28). The van der Waals surface area contributed by atoms with Crippen molar-refractivity contribution in [1.29, 1.82) is 0 Å². The third-order valence-electron chi connectivity index (χ3n) is 4.15. The van der Waals surface area contributed by atoms with E-state index in [1.54, 1.807) is 41.1 Å². The molecule has 2 N–H and O–H groups in total. The van der Waals surface area contributed by atoms with E-state index in [-0.39, 0.29) is 19.1 Å². The van der Waals surface area contributed by atoms with E-state index in [9.17, 15) is 9.59 Å². The van der Waals surface area contributed by atoms with Gasteiger partial charge in [-0.3, -0.25) is 25.1 Å². The van der Waals surface area contributed by atoms with Crippen LogP contribution in [-0.4, -0.2) is 21.6 Å². The molecule has 0 saturated heterocycles. The van der Waals surface area contributed by atoms with Gasteiger partial charge in [-0.05, 0) is 49.7 Å². The summed E-state index contributed by atoms with van der Waals surface area (Å²) >= 11 is 5.88. The summed E-state index contributed by atoms with van der Waals surface area (Å²) in [7, 11) is 0. The number of carbonyl (C=O) groups is 2. The molecule has 0 aliphatic heterocycles. The number of rotatable bonds is 6. The molecule has 0 fully saturated rings. The van der Waals surface area contributed by atoms with Crippen LogP contribution in [0.1, 0.15) is 27.3 Å². The minimum Gasteiger partial charge on any atom is -0.488 e. The second-order valence-electron chi connectivity index (χ2n) is 6.50. The molecule has 1 heterocycles. The Morgan fingerprint density at radius 3 is 2.48 bits per heavy atom. The summed E-state index contributed by atoms with van der Waals surface area (Å²) in [6.45, 7) is 4.00. The molecule has 29 heavy (non-hydrogen) atoms. The zero-order valence-electron chi connectivity index (χ0n) is 16.1. The zero-order valence-corrected chi connectivity index (χ0v) is 16.9. The van der Waals surface area contributed by atoms with Gasteiger partial charge >= 0.3 is 0 Å². The van der Waals surface area contributed by atoms with Gasteiger partial charge in [-0.2, -0.15) is 5.10 Å². The molecule has 7 nitrogen and oxygen atoms in total. The Labute approximate surface area is 173 Å². The molecule has 1 aromatic heterocycles. The first-order valence-electron chi connectivity index (χ1n) is 8.99. The van der Waals surface area contributed by atoms with E-state index in [1.165, 1.54) is 0 Å². The molecular formula is C21H21ClN4O3. The van der Waals surface area contributed by atoms with Gasteiger partial charge in [0.05, 0.1) is 11.3 Å². The molecular weight excluding hydrogens is 392 g/mol. The van der Waals surface area contributed by atoms with Gasteiger partial charge in [0, 0.05) is 10.7 Å². The second kappa shape index (κ2) is 9.25. The molecule has 0 aliphatic rings. The lowest BCUT2D eigenvalue weighted by atomic mass is 10.2. The molecule has 150 valence electrons. The Bertz CT molecular complexity index is 1020. The van der Waals surface area contributed by atoms with Crippen molar-refractivity contribution in [2.45, 2.75) is 27.0 Å². The van der Waals surface area contributed by atoms with Crippen molar-refractivity contribution in [1.82, 2.24) is 20.6 Å². The number of carbonyl (C=O) groups excluding carboxylic acids is 2. The highest BCUT2D eigenvalue weighted by Gasteiger charge is 2.14. The Hall–Kier alpha value is -3.32. The monoisotopic (exact) mass is 412 g/mol. The van der Waals surface area contributed by atoms with Gasteiger partial charge in [0.2, 0.25) is 0 Å². The minimum absolute atomic E-state index is 0.00860. The molecule has 0 aliphatic carbocycles. The van der Waals surface area contributed by atoms with Gasteiger partial charge in [-0.1, -0.05) is 35.9 Å². The Morgan fingerprint density at radius 2 is 1.79 bits per heavy atom. The quantitative estimate of drug-likeness (QED) is 0.609. The Balaban J connectivity index is 1.58. The lowest BCUT2D eigenvalue weighted by molar-refractivity contribution is -0.122. The molecule has 0 radical (unpaired) electrons. The molecule has 0 atom stereocenters. The van der Waals surface area contributed by atoms with Crippen LogP contribution in [0.5, 0.6) is 5.75 Å². The summed E-state index contributed by atoms with van der Waals surface area (Å²) in [5.41, 5.74) is 7.74. The molecule has 2 aromatic carbocycles. The predicted octanol–water partition coefficient (Wildman–Crippen LogP) is 3.19. The molecule has 0 spiro atoms. The van der Waals surface area contributed by atoms with Crippen molar-refractivity contribution in [2.75, 3.05) is 0 Å². The average Bonchev–Trinajstić information content (AvgIpc) is 3.02. The molecule has 3 aromatic rings. The van der Waals surface area contributed by atoms with Crippen LogP contribution in [0, 0.1) is 13.8 Å². The van der Waals surface area contributed by atoms with E-state index in [0.717, 1.165) is 17.0 Å². The first-order valence-corrected chi connectivity index (χ1v) is 9.36. The number of halogens is 1. The van der Waals surface area contributed by atoms with Crippen molar-refractivity contribution in [3.8, 4) is 5.75 Å². The van der Waals surface area contributed by atoms with Crippen LogP contribution < -0.4 is 15.6 Å². The Kier molecular flexibility index (Phi) is 6.51. The highest BCUT2D eigenvalue weighted by atomic mass is 35.5. The number of hydrogen-bond acceptors (Lipinski definition) is 4. The molecule has 8 heteroatoms. The SMILES string of the molecule is Cc1cc(C)n(CC(=O)NNC(=O)c2ccccc2OCc2ccc(Cl)cc2)n1. The van der Waals surface area contributed by atoms with Gasteiger partial charge in [-0.15, -0.1) is 0 Å². The fourth-order valence-corrected chi connectivity index (χ4v) is 2.85. The highest BCUT2D eigenvalue weighted by Crippen LogP contribution is 2.19. The van der Waals surface area contributed by atoms with Crippen molar-refractivity contribution < 1.29 is 14.3 Å². The maximum Gasteiger partial charge on any atom is 0.273 e. The van der Waals surface area contributed by atoms with E-state index >= 15 is 0 Å². The lowest BCUT2D eigenvalue weighted by Crippen LogP contribution is -2.43. The van der Waals surface area contributed by atoms with Gasteiger partial charge in [0.25, 0.3) is 11.8 Å². The normalized spacial score (nSPS) is 10.4. The number of hydrogen-bond donors (Lipinski definition) is 2. The molecule has 0 saturated carbocycles. The van der Waals surface area contributed by atoms with Crippen LogP contribution in [0.25, 0.3) is 0 Å². The number of benzene rings is 2. The maximum atomic E-state index is 12.5. The molecule has 0 unspecified atom stereocenters. The summed E-state index contributed by atoms with van der Waals surface area (Å²) in [5, 5.41) is 4.87. The van der Waals surface area contributed by atoms with Crippen LogP contribution in [0.3, 0.4) is 0 Å². The maximum absolute atomic E-state index is 12.5. The van der Waals surface area contributed by atoms with E-state index in [4.69, 9.17) is 16.3 Å². The molecule has 2 amide bonds. The summed E-state index contributed by atoms with van der Waals surface area (Å²) < 4.78 is 7.34. The topological polar surface area (TPSA) is 85.2 Å². The van der Waals surface area contributed by atoms with E-state index < -0.39 is 5.91 Å².